The summed E-state index contributed by atoms with van der Waals surface area (Å²) in [5, 5.41) is 0. The summed E-state index contributed by atoms with van der Waals surface area (Å²) in [6, 6.07) is 7.89. The third kappa shape index (κ3) is 2.54. The Balaban J connectivity index is 2.33. The fourth-order valence-electron chi connectivity index (χ4n) is 1.97. The molecule has 1 aromatic carbocycles. The van der Waals surface area contributed by atoms with Gasteiger partial charge in [0.15, 0.2) is 0 Å². The van der Waals surface area contributed by atoms with Gasteiger partial charge in [0.25, 0.3) is 0 Å². The van der Waals surface area contributed by atoms with Gasteiger partial charge in [-0.15, -0.1) is 0 Å². The smallest absolute Gasteiger partial charge is 0.146 e. The highest BCUT2D eigenvalue weighted by atomic mass is 19.1. The monoisotopic (exact) mass is 248 g/mol. The lowest BCUT2D eigenvalue weighted by molar-refractivity contribution is 0.445. The molecule has 0 fully saturated rings. The van der Waals surface area contributed by atoms with Crippen molar-refractivity contribution >= 4 is 0 Å². The Labute approximate surface area is 104 Å². The molecule has 0 amide bonds. The maximum absolute atomic E-state index is 13.7. The van der Waals surface area contributed by atoms with Crippen LogP contribution in [0.25, 0.3) is 0 Å². The molecule has 0 spiro atoms. The highest BCUT2D eigenvalue weighted by Gasteiger charge is 2.26. The number of pyridine rings is 1. The van der Waals surface area contributed by atoms with Gasteiger partial charge in [0.1, 0.15) is 11.6 Å². The summed E-state index contributed by atoms with van der Waals surface area (Å²) in [7, 11) is 0. The number of hydrogen-bond acceptors (Lipinski definition) is 2. The van der Waals surface area contributed by atoms with Gasteiger partial charge in [0.2, 0.25) is 0 Å². The summed E-state index contributed by atoms with van der Waals surface area (Å²) in [5.74, 6) is -0.803. The average molecular weight is 248 g/mol. The van der Waals surface area contributed by atoms with Crippen LogP contribution in [0.2, 0.25) is 0 Å². The lowest BCUT2D eigenvalue weighted by atomic mass is 9.86. The maximum Gasteiger partial charge on any atom is 0.146 e. The van der Waals surface area contributed by atoms with Crippen LogP contribution >= 0.6 is 0 Å². The number of benzene rings is 1. The van der Waals surface area contributed by atoms with E-state index >= 15 is 0 Å². The summed E-state index contributed by atoms with van der Waals surface area (Å²) in [4.78, 5) is 3.68. The number of rotatable bonds is 3. The molecule has 1 atom stereocenters. The van der Waals surface area contributed by atoms with E-state index in [4.69, 9.17) is 5.73 Å². The van der Waals surface area contributed by atoms with E-state index in [1.807, 2.05) is 0 Å². The zero-order valence-electron chi connectivity index (χ0n) is 10.0. The topological polar surface area (TPSA) is 38.9 Å². The predicted molar refractivity (Wildman–Crippen MR) is 65.8 cm³/mol. The molecule has 1 heterocycles. The molecule has 0 saturated heterocycles. The van der Waals surface area contributed by atoms with Gasteiger partial charge in [0, 0.05) is 17.3 Å². The van der Waals surface area contributed by atoms with Crippen LogP contribution in [-0.2, 0) is 12.0 Å². The Morgan fingerprint density at radius 2 is 1.89 bits per heavy atom. The van der Waals surface area contributed by atoms with Gasteiger partial charge >= 0.3 is 0 Å². The summed E-state index contributed by atoms with van der Waals surface area (Å²) in [6.45, 7) is 1.68. The largest absolute Gasteiger partial charge is 0.321 e. The van der Waals surface area contributed by atoms with E-state index in [9.17, 15) is 8.78 Å². The number of nitrogens with two attached hydrogens (primary N) is 1. The molecule has 2 aromatic rings. The number of halogens is 2. The van der Waals surface area contributed by atoms with E-state index in [1.54, 1.807) is 25.1 Å². The number of aromatic nitrogens is 1. The summed E-state index contributed by atoms with van der Waals surface area (Å²) in [6.07, 6.45) is 2.81. The van der Waals surface area contributed by atoms with Gasteiger partial charge in [0.05, 0.1) is 6.20 Å². The first-order chi connectivity index (χ1) is 8.50. The SMILES string of the molecule is CC(N)(Cc1ccccc1F)c1ccncc1F. The molecule has 0 radical (unpaired) electrons. The molecule has 0 aliphatic heterocycles. The molecule has 1 aromatic heterocycles. The van der Waals surface area contributed by atoms with E-state index in [0.717, 1.165) is 6.20 Å². The maximum atomic E-state index is 13.7. The van der Waals surface area contributed by atoms with E-state index in [-0.39, 0.29) is 12.2 Å². The first kappa shape index (κ1) is 12.6. The molecule has 1 unspecified atom stereocenters. The van der Waals surface area contributed by atoms with Crippen LogP contribution in [-0.4, -0.2) is 4.98 Å². The van der Waals surface area contributed by atoms with E-state index in [1.165, 1.54) is 18.3 Å². The fraction of sp³-hybridized carbons (Fsp3) is 0.214. The Kier molecular flexibility index (Phi) is 3.39. The number of nitrogens with zero attached hydrogens (tertiary/aromatic N) is 1. The van der Waals surface area contributed by atoms with Crippen LogP contribution in [0.5, 0.6) is 0 Å². The molecular formula is C14H14F2N2. The van der Waals surface area contributed by atoms with Gasteiger partial charge in [-0.2, -0.15) is 0 Å². The highest BCUT2D eigenvalue weighted by molar-refractivity contribution is 5.27. The van der Waals surface area contributed by atoms with Crippen molar-refractivity contribution in [1.82, 2.24) is 4.98 Å². The molecule has 0 aliphatic carbocycles. The summed E-state index contributed by atoms with van der Waals surface area (Å²) >= 11 is 0. The van der Waals surface area contributed by atoms with Gasteiger partial charge < -0.3 is 5.73 Å². The molecule has 2 rings (SSSR count). The van der Waals surface area contributed by atoms with Crippen molar-refractivity contribution in [3.63, 3.8) is 0 Å². The van der Waals surface area contributed by atoms with Crippen molar-refractivity contribution < 1.29 is 8.78 Å². The Morgan fingerprint density at radius 1 is 1.17 bits per heavy atom. The second-order valence-corrected chi connectivity index (χ2v) is 4.54. The molecule has 18 heavy (non-hydrogen) atoms. The summed E-state index contributed by atoms with van der Waals surface area (Å²) < 4.78 is 27.2. The Bertz CT molecular complexity index is 553. The molecule has 94 valence electrons. The third-order valence-electron chi connectivity index (χ3n) is 2.90. The first-order valence-electron chi connectivity index (χ1n) is 5.63. The minimum absolute atomic E-state index is 0.223. The summed E-state index contributed by atoms with van der Waals surface area (Å²) in [5.41, 5.74) is 5.93. The van der Waals surface area contributed by atoms with Crippen LogP contribution < -0.4 is 5.73 Å². The van der Waals surface area contributed by atoms with Crippen LogP contribution in [0.1, 0.15) is 18.1 Å². The quantitative estimate of drug-likeness (QED) is 0.907. The molecule has 2 N–H and O–H groups in total. The molecule has 0 bridgehead atoms. The van der Waals surface area contributed by atoms with Crippen molar-refractivity contribution in [3.05, 3.63) is 65.5 Å². The van der Waals surface area contributed by atoms with Crippen LogP contribution in [0.3, 0.4) is 0 Å². The van der Waals surface area contributed by atoms with E-state index < -0.39 is 11.4 Å². The van der Waals surface area contributed by atoms with Crippen molar-refractivity contribution in [2.45, 2.75) is 18.9 Å². The predicted octanol–water partition coefficient (Wildman–Crippen LogP) is 2.78. The lowest BCUT2D eigenvalue weighted by Crippen LogP contribution is -2.36. The van der Waals surface area contributed by atoms with Crippen molar-refractivity contribution in [3.8, 4) is 0 Å². The third-order valence-corrected chi connectivity index (χ3v) is 2.90. The normalized spacial score (nSPS) is 14.2. The van der Waals surface area contributed by atoms with Gasteiger partial charge in [-0.25, -0.2) is 8.78 Å². The minimum atomic E-state index is -0.977. The molecule has 4 heteroatoms. The molecule has 0 aliphatic rings. The van der Waals surface area contributed by atoms with Crippen molar-refractivity contribution in [2.24, 2.45) is 5.73 Å². The van der Waals surface area contributed by atoms with E-state index in [0.29, 0.717) is 11.1 Å². The Morgan fingerprint density at radius 3 is 2.56 bits per heavy atom. The van der Waals surface area contributed by atoms with Crippen LogP contribution in [0.4, 0.5) is 8.78 Å². The van der Waals surface area contributed by atoms with Crippen LogP contribution in [0, 0.1) is 11.6 Å². The Hall–Kier alpha value is -1.81. The van der Waals surface area contributed by atoms with Gasteiger partial charge in [-0.1, -0.05) is 18.2 Å². The average Bonchev–Trinajstić information content (AvgIpc) is 2.32. The lowest BCUT2D eigenvalue weighted by Gasteiger charge is -2.25. The number of hydrogen-bond donors (Lipinski definition) is 1. The van der Waals surface area contributed by atoms with Crippen molar-refractivity contribution in [1.29, 1.82) is 0 Å². The second kappa shape index (κ2) is 4.82. The zero-order valence-corrected chi connectivity index (χ0v) is 10.0. The standard InChI is InChI=1S/C14H14F2N2/c1-14(17,11-6-7-18-9-13(11)16)8-10-4-2-3-5-12(10)15/h2-7,9H,8,17H2,1H3. The van der Waals surface area contributed by atoms with Gasteiger partial charge in [-0.05, 0) is 31.0 Å². The molecule has 0 saturated carbocycles. The van der Waals surface area contributed by atoms with E-state index in [2.05, 4.69) is 4.98 Å². The highest BCUT2D eigenvalue weighted by Crippen LogP contribution is 2.25. The van der Waals surface area contributed by atoms with Crippen LogP contribution in [0.15, 0.2) is 42.7 Å². The molecule has 2 nitrogen and oxygen atoms in total. The van der Waals surface area contributed by atoms with Crippen molar-refractivity contribution in [2.75, 3.05) is 0 Å². The fourth-order valence-corrected chi connectivity index (χ4v) is 1.97. The molecular weight excluding hydrogens is 234 g/mol. The second-order valence-electron chi connectivity index (χ2n) is 4.54. The first-order valence-corrected chi connectivity index (χ1v) is 5.63. The van der Waals surface area contributed by atoms with Gasteiger partial charge in [-0.3, -0.25) is 4.98 Å². The minimum Gasteiger partial charge on any atom is -0.321 e. The zero-order chi connectivity index (χ0) is 13.2.